The Bertz CT molecular complexity index is 766. The molecule has 0 aliphatic heterocycles. The fourth-order valence-corrected chi connectivity index (χ4v) is 2.45. The Balaban J connectivity index is 2.15. The van der Waals surface area contributed by atoms with Crippen molar-refractivity contribution >= 4 is 11.0 Å². The summed E-state index contributed by atoms with van der Waals surface area (Å²) in [7, 11) is 0. The number of aromatic hydroxyl groups is 1. The van der Waals surface area contributed by atoms with Crippen molar-refractivity contribution in [3.05, 3.63) is 53.6 Å². The maximum absolute atomic E-state index is 9.51. The summed E-state index contributed by atoms with van der Waals surface area (Å²) >= 11 is 0. The Morgan fingerprint density at radius 2 is 1.80 bits per heavy atom. The van der Waals surface area contributed by atoms with Gasteiger partial charge in [-0.2, -0.15) is 0 Å². The zero-order valence-electron chi connectivity index (χ0n) is 12.0. The molecule has 0 bridgehead atoms. The van der Waals surface area contributed by atoms with Gasteiger partial charge >= 0.3 is 0 Å². The second kappa shape index (κ2) is 4.71. The zero-order chi connectivity index (χ0) is 14.3. The summed E-state index contributed by atoms with van der Waals surface area (Å²) in [5, 5.41) is 10.5. The molecule has 0 aliphatic carbocycles. The Morgan fingerprint density at radius 3 is 2.55 bits per heavy atom. The van der Waals surface area contributed by atoms with E-state index in [9.17, 15) is 5.11 Å². The monoisotopic (exact) mass is 266 g/mol. The first-order valence-electron chi connectivity index (χ1n) is 6.87. The normalized spacial score (nSPS) is 11.4. The first kappa shape index (κ1) is 12.8. The van der Waals surface area contributed by atoms with E-state index in [0.29, 0.717) is 11.5 Å². The lowest BCUT2D eigenvalue weighted by Crippen LogP contribution is -1.89. The molecule has 1 aromatic heterocycles. The minimum absolute atomic E-state index is 0.227. The summed E-state index contributed by atoms with van der Waals surface area (Å²) in [6, 6.07) is 13.7. The fraction of sp³-hybridized carbons (Fsp3) is 0.222. The van der Waals surface area contributed by atoms with Crippen LogP contribution in [0.2, 0.25) is 0 Å². The summed E-state index contributed by atoms with van der Waals surface area (Å²) in [5.41, 5.74) is 4.34. The van der Waals surface area contributed by atoms with Gasteiger partial charge < -0.3 is 9.52 Å². The Morgan fingerprint density at radius 1 is 1.00 bits per heavy atom. The smallest absolute Gasteiger partial charge is 0.138 e. The molecule has 2 aromatic carbocycles. The van der Waals surface area contributed by atoms with E-state index in [4.69, 9.17) is 4.42 Å². The lowest BCUT2D eigenvalue weighted by molar-refractivity contribution is 0.474. The van der Waals surface area contributed by atoms with Crippen LogP contribution in [0.4, 0.5) is 0 Å². The molecular weight excluding hydrogens is 248 g/mol. The number of hydrogen-bond donors (Lipinski definition) is 1. The largest absolute Gasteiger partial charge is 0.508 e. The number of fused-ring (bicyclic) bond motifs is 1. The SMILES string of the molecule is Cc1cc(-c2cc3ccc(O)cc3o2)cc(C(C)C)c1. The van der Waals surface area contributed by atoms with Gasteiger partial charge in [-0.25, -0.2) is 0 Å². The molecule has 3 aromatic rings. The zero-order valence-corrected chi connectivity index (χ0v) is 12.0. The highest BCUT2D eigenvalue weighted by molar-refractivity contribution is 5.84. The highest BCUT2D eigenvalue weighted by atomic mass is 16.3. The first-order valence-corrected chi connectivity index (χ1v) is 6.87. The standard InChI is InChI=1S/C18H18O2/c1-11(2)14-6-12(3)7-15(8-14)17-9-13-4-5-16(19)10-18(13)20-17/h4-11,19H,1-3H3. The summed E-state index contributed by atoms with van der Waals surface area (Å²) in [4.78, 5) is 0. The Hall–Kier alpha value is -2.22. The van der Waals surface area contributed by atoms with Crippen LogP contribution in [0.5, 0.6) is 5.75 Å². The van der Waals surface area contributed by atoms with E-state index in [-0.39, 0.29) is 5.75 Å². The second-order valence-electron chi connectivity index (χ2n) is 5.62. The van der Waals surface area contributed by atoms with E-state index in [2.05, 4.69) is 39.0 Å². The summed E-state index contributed by atoms with van der Waals surface area (Å²) in [6.45, 7) is 6.48. The molecule has 0 spiro atoms. The van der Waals surface area contributed by atoms with E-state index in [1.165, 1.54) is 11.1 Å². The highest BCUT2D eigenvalue weighted by Gasteiger charge is 2.09. The average Bonchev–Trinajstić information content (AvgIpc) is 2.80. The van der Waals surface area contributed by atoms with E-state index in [0.717, 1.165) is 16.7 Å². The molecular formula is C18H18O2. The van der Waals surface area contributed by atoms with E-state index >= 15 is 0 Å². The van der Waals surface area contributed by atoms with Crippen molar-refractivity contribution in [1.82, 2.24) is 0 Å². The molecule has 0 unspecified atom stereocenters. The van der Waals surface area contributed by atoms with Crippen molar-refractivity contribution in [3.8, 4) is 17.1 Å². The molecule has 2 nitrogen and oxygen atoms in total. The van der Waals surface area contributed by atoms with Gasteiger partial charge in [-0.3, -0.25) is 0 Å². The van der Waals surface area contributed by atoms with Crippen LogP contribution in [0, 0.1) is 6.92 Å². The van der Waals surface area contributed by atoms with E-state index < -0.39 is 0 Å². The number of aryl methyl sites for hydroxylation is 1. The molecule has 102 valence electrons. The van der Waals surface area contributed by atoms with Crippen molar-refractivity contribution in [2.24, 2.45) is 0 Å². The molecule has 1 heterocycles. The van der Waals surface area contributed by atoms with Crippen LogP contribution in [-0.2, 0) is 0 Å². The van der Waals surface area contributed by atoms with Gasteiger partial charge in [0.1, 0.15) is 17.1 Å². The molecule has 0 aliphatic rings. The third-order valence-corrected chi connectivity index (χ3v) is 3.55. The Labute approximate surface area is 118 Å². The molecule has 2 heteroatoms. The molecule has 0 radical (unpaired) electrons. The molecule has 1 N–H and O–H groups in total. The summed E-state index contributed by atoms with van der Waals surface area (Å²) < 4.78 is 5.86. The van der Waals surface area contributed by atoms with Crippen LogP contribution in [0.1, 0.15) is 30.9 Å². The summed E-state index contributed by atoms with van der Waals surface area (Å²) in [5.74, 6) is 1.56. The molecule has 0 saturated carbocycles. The van der Waals surface area contributed by atoms with Crippen molar-refractivity contribution in [1.29, 1.82) is 0 Å². The van der Waals surface area contributed by atoms with Crippen LogP contribution < -0.4 is 0 Å². The first-order chi connectivity index (χ1) is 9.52. The van der Waals surface area contributed by atoms with Gasteiger partial charge in [0, 0.05) is 17.0 Å². The molecule has 0 fully saturated rings. The Kier molecular flexibility index (Phi) is 3.01. The minimum Gasteiger partial charge on any atom is -0.508 e. The van der Waals surface area contributed by atoms with Crippen molar-refractivity contribution in [3.63, 3.8) is 0 Å². The second-order valence-corrected chi connectivity index (χ2v) is 5.62. The minimum atomic E-state index is 0.227. The number of furan rings is 1. The van der Waals surface area contributed by atoms with E-state index in [1.54, 1.807) is 12.1 Å². The van der Waals surface area contributed by atoms with Gasteiger partial charge in [0.25, 0.3) is 0 Å². The molecule has 0 saturated heterocycles. The van der Waals surface area contributed by atoms with Crippen molar-refractivity contribution < 1.29 is 9.52 Å². The third-order valence-electron chi connectivity index (χ3n) is 3.55. The van der Waals surface area contributed by atoms with Crippen LogP contribution in [0.25, 0.3) is 22.3 Å². The van der Waals surface area contributed by atoms with Gasteiger partial charge in [-0.05, 0) is 48.7 Å². The highest BCUT2D eigenvalue weighted by Crippen LogP contribution is 2.32. The van der Waals surface area contributed by atoms with Gasteiger partial charge in [0.05, 0.1) is 0 Å². The number of rotatable bonds is 2. The molecule has 3 rings (SSSR count). The van der Waals surface area contributed by atoms with Crippen molar-refractivity contribution in [2.75, 3.05) is 0 Å². The predicted octanol–water partition coefficient (Wildman–Crippen LogP) is 5.24. The number of phenolic OH excluding ortho intramolecular Hbond substituents is 1. The predicted molar refractivity (Wildman–Crippen MR) is 82.1 cm³/mol. The lowest BCUT2D eigenvalue weighted by Gasteiger charge is -2.08. The van der Waals surface area contributed by atoms with Gasteiger partial charge in [0.2, 0.25) is 0 Å². The maximum atomic E-state index is 9.51. The number of benzene rings is 2. The van der Waals surface area contributed by atoms with Crippen LogP contribution >= 0.6 is 0 Å². The number of hydrogen-bond acceptors (Lipinski definition) is 2. The molecule has 20 heavy (non-hydrogen) atoms. The lowest BCUT2D eigenvalue weighted by atomic mass is 9.97. The average molecular weight is 266 g/mol. The summed E-state index contributed by atoms with van der Waals surface area (Å²) in [6.07, 6.45) is 0. The van der Waals surface area contributed by atoms with Gasteiger partial charge in [0.15, 0.2) is 0 Å². The third kappa shape index (κ3) is 2.29. The quantitative estimate of drug-likeness (QED) is 0.688. The van der Waals surface area contributed by atoms with Crippen LogP contribution in [0.15, 0.2) is 46.9 Å². The fourth-order valence-electron chi connectivity index (χ4n) is 2.45. The number of phenols is 1. The molecule has 0 amide bonds. The molecule has 0 atom stereocenters. The maximum Gasteiger partial charge on any atom is 0.138 e. The van der Waals surface area contributed by atoms with Crippen LogP contribution in [0.3, 0.4) is 0 Å². The van der Waals surface area contributed by atoms with Gasteiger partial charge in [-0.1, -0.05) is 25.5 Å². The van der Waals surface area contributed by atoms with Gasteiger partial charge in [-0.15, -0.1) is 0 Å². The van der Waals surface area contributed by atoms with Crippen molar-refractivity contribution in [2.45, 2.75) is 26.7 Å². The topological polar surface area (TPSA) is 33.4 Å². The van der Waals surface area contributed by atoms with Crippen LogP contribution in [-0.4, -0.2) is 5.11 Å². The van der Waals surface area contributed by atoms with E-state index in [1.807, 2.05) is 12.1 Å².